The highest BCUT2D eigenvalue weighted by atomic mass is 79.9. The maximum Gasteiger partial charge on any atom is 0.135 e. The van der Waals surface area contributed by atoms with Crippen molar-refractivity contribution in [2.45, 2.75) is 26.0 Å². The van der Waals surface area contributed by atoms with Crippen LogP contribution in [0.15, 0.2) is 22.8 Å². The van der Waals surface area contributed by atoms with Crippen LogP contribution in [0.5, 0.6) is 0 Å². The zero-order chi connectivity index (χ0) is 15.0. The molecule has 2 aromatic rings. The van der Waals surface area contributed by atoms with Crippen LogP contribution in [0.4, 0.5) is 13.2 Å². The number of nitrogens with zero attached hydrogens (tertiary/aromatic N) is 2. The molecule has 1 heterocycles. The first-order valence-corrected chi connectivity index (χ1v) is 6.67. The number of hydrogen-bond donors (Lipinski definition) is 1. The number of aliphatic hydroxyl groups is 1. The van der Waals surface area contributed by atoms with Gasteiger partial charge in [0, 0.05) is 18.2 Å². The average Bonchev–Trinajstić information content (AvgIpc) is 2.69. The van der Waals surface area contributed by atoms with Gasteiger partial charge in [0.2, 0.25) is 0 Å². The maximum absolute atomic E-state index is 13.7. The first-order chi connectivity index (χ1) is 9.32. The van der Waals surface area contributed by atoms with Gasteiger partial charge in [-0.25, -0.2) is 13.2 Å². The van der Waals surface area contributed by atoms with Gasteiger partial charge < -0.3 is 5.11 Å². The van der Waals surface area contributed by atoms with Gasteiger partial charge in [0.25, 0.3) is 0 Å². The van der Waals surface area contributed by atoms with Crippen molar-refractivity contribution in [2.24, 2.45) is 0 Å². The highest BCUT2D eigenvalue weighted by Crippen LogP contribution is 2.33. The van der Waals surface area contributed by atoms with Crippen molar-refractivity contribution in [3.8, 4) is 0 Å². The first kappa shape index (κ1) is 15.1. The third-order valence-electron chi connectivity index (χ3n) is 2.85. The molecular formula is C13H12BrF3N2O. The van der Waals surface area contributed by atoms with Crippen LogP contribution in [0.3, 0.4) is 0 Å². The lowest BCUT2D eigenvalue weighted by atomic mass is 10.0. The Bertz CT molecular complexity index is 620. The summed E-state index contributed by atoms with van der Waals surface area (Å²) in [5.74, 6) is -3.32. The molecular weight excluding hydrogens is 337 g/mol. The fraction of sp³-hybridized carbons (Fsp3) is 0.308. The summed E-state index contributed by atoms with van der Waals surface area (Å²) in [6.07, 6.45) is -0.160. The summed E-state index contributed by atoms with van der Waals surface area (Å²) < 4.78 is 42.2. The Morgan fingerprint density at radius 2 is 1.75 bits per heavy atom. The molecule has 1 aromatic heterocycles. The lowest BCUT2D eigenvalue weighted by Crippen LogP contribution is -2.15. The van der Waals surface area contributed by atoms with E-state index in [1.807, 2.05) is 13.8 Å². The molecule has 108 valence electrons. The monoisotopic (exact) mass is 348 g/mol. The van der Waals surface area contributed by atoms with Crippen molar-refractivity contribution in [2.75, 3.05) is 0 Å². The molecule has 0 aliphatic heterocycles. The molecule has 0 aliphatic rings. The highest BCUT2D eigenvalue weighted by molar-refractivity contribution is 9.10. The summed E-state index contributed by atoms with van der Waals surface area (Å²) >= 11 is 3.18. The second-order valence-electron chi connectivity index (χ2n) is 4.60. The molecule has 0 aliphatic carbocycles. The predicted molar refractivity (Wildman–Crippen MR) is 70.7 cm³/mol. The largest absolute Gasteiger partial charge is 0.382 e. The topological polar surface area (TPSA) is 38.0 Å². The number of aromatic nitrogens is 2. The highest BCUT2D eigenvalue weighted by Gasteiger charge is 2.27. The van der Waals surface area contributed by atoms with E-state index in [0.29, 0.717) is 16.6 Å². The Kier molecular flexibility index (Phi) is 4.19. The summed E-state index contributed by atoms with van der Waals surface area (Å²) in [5, 5.41) is 14.3. The van der Waals surface area contributed by atoms with E-state index in [9.17, 15) is 18.3 Å². The van der Waals surface area contributed by atoms with E-state index in [1.54, 1.807) is 0 Å². The smallest absolute Gasteiger partial charge is 0.135 e. The Hall–Kier alpha value is -1.34. The first-order valence-electron chi connectivity index (χ1n) is 5.88. The molecule has 7 heteroatoms. The zero-order valence-electron chi connectivity index (χ0n) is 10.7. The van der Waals surface area contributed by atoms with E-state index in [0.717, 1.165) is 0 Å². The molecule has 1 N–H and O–H groups in total. The van der Waals surface area contributed by atoms with Crippen molar-refractivity contribution in [3.63, 3.8) is 0 Å². The van der Waals surface area contributed by atoms with Crippen molar-refractivity contribution >= 4 is 15.9 Å². The molecule has 0 fully saturated rings. The fourth-order valence-corrected chi connectivity index (χ4v) is 2.46. The summed E-state index contributed by atoms with van der Waals surface area (Å²) in [4.78, 5) is 0. The van der Waals surface area contributed by atoms with Crippen LogP contribution in [-0.4, -0.2) is 14.9 Å². The average molecular weight is 349 g/mol. The predicted octanol–water partition coefficient (Wildman–Crippen LogP) is 3.73. The number of rotatable bonds is 3. The number of hydrogen-bond acceptors (Lipinski definition) is 2. The SMILES string of the molecule is CC(C)n1ncc(Br)c1C(O)c1c(F)cc(F)cc1F. The Labute approximate surface area is 122 Å². The van der Waals surface area contributed by atoms with Crippen LogP contribution >= 0.6 is 15.9 Å². The van der Waals surface area contributed by atoms with Gasteiger partial charge in [-0.3, -0.25) is 4.68 Å². The van der Waals surface area contributed by atoms with E-state index in [2.05, 4.69) is 21.0 Å². The molecule has 1 unspecified atom stereocenters. The Morgan fingerprint density at radius 1 is 1.20 bits per heavy atom. The Balaban J connectivity index is 2.58. The van der Waals surface area contributed by atoms with Gasteiger partial charge in [-0.05, 0) is 29.8 Å². The number of halogens is 4. The summed E-state index contributed by atoms with van der Waals surface area (Å²) in [6.45, 7) is 3.63. The normalized spacial score (nSPS) is 13.0. The third-order valence-corrected chi connectivity index (χ3v) is 3.46. The van der Waals surface area contributed by atoms with Crippen LogP contribution < -0.4 is 0 Å². The minimum atomic E-state index is -1.59. The Morgan fingerprint density at radius 3 is 2.25 bits per heavy atom. The third kappa shape index (κ3) is 2.60. The summed E-state index contributed by atoms with van der Waals surface area (Å²) in [6, 6.07) is 0.953. The van der Waals surface area contributed by atoms with E-state index in [1.165, 1.54) is 10.9 Å². The molecule has 0 amide bonds. The standard InChI is InChI=1S/C13H12BrF3N2O/c1-6(2)19-12(8(14)5-18-19)13(20)11-9(16)3-7(15)4-10(11)17/h3-6,13,20H,1-2H3. The van der Waals surface area contributed by atoms with E-state index in [-0.39, 0.29) is 11.7 Å². The molecule has 0 bridgehead atoms. The van der Waals surface area contributed by atoms with Crippen LogP contribution in [0, 0.1) is 17.5 Å². The molecule has 3 nitrogen and oxygen atoms in total. The van der Waals surface area contributed by atoms with Gasteiger partial charge in [-0.2, -0.15) is 5.10 Å². The molecule has 0 spiro atoms. The van der Waals surface area contributed by atoms with Crippen LogP contribution in [0.2, 0.25) is 0 Å². The van der Waals surface area contributed by atoms with Gasteiger partial charge >= 0.3 is 0 Å². The summed E-state index contributed by atoms with van der Waals surface area (Å²) in [7, 11) is 0. The second-order valence-corrected chi connectivity index (χ2v) is 5.46. The quantitative estimate of drug-likeness (QED) is 0.917. The van der Waals surface area contributed by atoms with Crippen molar-refractivity contribution < 1.29 is 18.3 Å². The van der Waals surface area contributed by atoms with Gasteiger partial charge in [0.15, 0.2) is 0 Å². The van der Waals surface area contributed by atoms with Gasteiger partial charge in [0.1, 0.15) is 23.6 Å². The lowest BCUT2D eigenvalue weighted by Gasteiger charge is -2.18. The molecule has 2 rings (SSSR count). The molecule has 0 radical (unpaired) electrons. The van der Waals surface area contributed by atoms with E-state index < -0.39 is 29.1 Å². The minimum absolute atomic E-state index is 0.113. The van der Waals surface area contributed by atoms with Crippen molar-refractivity contribution in [3.05, 3.63) is 51.5 Å². The van der Waals surface area contributed by atoms with Crippen LogP contribution in [-0.2, 0) is 0 Å². The van der Waals surface area contributed by atoms with Crippen LogP contribution in [0.25, 0.3) is 0 Å². The lowest BCUT2D eigenvalue weighted by molar-refractivity contribution is 0.193. The second kappa shape index (κ2) is 5.57. The molecule has 1 atom stereocenters. The van der Waals surface area contributed by atoms with E-state index in [4.69, 9.17) is 0 Å². The number of aliphatic hydroxyl groups excluding tert-OH is 1. The summed E-state index contributed by atoms with van der Waals surface area (Å²) in [5.41, 5.74) is -0.390. The molecule has 20 heavy (non-hydrogen) atoms. The number of benzene rings is 1. The molecule has 0 saturated carbocycles. The van der Waals surface area contributed by atoms with Gasteiger partial charge in [0.05, 0.1) is 21.9 Å². The minimum Gasteiger partial charge on any atom is -0.382 e. The van der Waals surface area contributed by atoms with Crippen molar-refractivity contribution in [1.82, 2.24) is 9.78 Å². The molecule has 0 saturated heterocycles. The van der Waals surface area contributed by atoms with Crippen molar-refractivity contribution in [1.29, 1.82) is 0 Å². The maximum atomic E-state index is 13.7. The van der Waals surface area contributed by atoms with Crippen LogP contribution in [0.1, 0.15) is 37.3 Å². The zero-order valence-corrected chi connectivity index (χ0v) is 12.3. The fourth-order valence-electron chi connectivity index (χ4n) is 1.97. The van der Waals surface area contributed by atoms with Gasteiger partial charge in [-0.15, -0.1) is 0 Å². The van der Waals surface area contributed by atoms with E-state index >= 15 is 0 Å². The van der Waals surface area contributed by atoms with Gasteiger partial charge in [-0.1, -0.05) is 0 Å². The molecule has 1 aromatic carbocycles.